The number of hydrogen-bond acceptors (Lipinski definition) is 5. The number of hydrogen-bond donors (Lipinski definition) is 3. The molecular formula is C22H17F5N6. The van der Waals surface area contributed by atoms with E-state index in [1.54, 1.807) is 0 Å². The lowest BCUT2D eigenvalue weighted by Crippen LogP contribution is -2.09. The van der Waals surface area contributed by atoms with Gasteiger partial charge in [0.25, 0.3) is 0 Å². The van der Waals surface area contributed by atoms with E-state index < -0.39 is 23.4 Å². The molecule has 2 heterocycles. The van der Waals surface area contributed by atoms with E-state index in [0.29, 0.717) is 17.1 Å². The van der Waals surface area contributed by atoms with Crippen LogP contribution in [-0.4, -0.2) is 20.2 Å². The van der Waals surface area contributed by atoms with Crippen molar-refractivity contribution < 1.29 is 22.0 Å². The summed E-state index contributed by atoms with van der Waals surface area (Å²) >= 11 is 0. The Labute approximate surface area is 184 Å². The average Bonchev–Trinajstić information content (AvgIpc) is 3.51. The number of H-pyrrole nitrogens is 1. The van der Waals surface area contributed by atoms with Crippen LogP contribution in [0.5, 0.6) is 0 Å². The first-order valence-electron chi connectivity index (χ1n) is 10.2. The molecule has 0 bridgehead atoms. The second kappa shape index (κ2) is 7.98. The van der Waals surface area contributed by atoms with E-state index in [0.717, 1.165) is 42.8 Å². The summed E-state index contributed by atoms with van der Waals surface area (Å²) in [7, 11) is 0. The van der Waals surface area contributed by atoms with Crippen LogP contribution in [0.15, 0.2) is 42.5 Å². The van der Waals surface area contributed by atoms with Gasteiger partial charge in [-0.05, 0) is 37.1 Å². The maximum absolute atomic E-state index is 14.0. The SMILES string of the molecule is Fc1ccc(CNc2nc(Nc3cc(C4CC4)[nH]n3)c3ccc(C(F)(F)F)cc3n2)c(F)c1. The van der Waals surface area contributed by atoms with Crippen LogP contribution in [0.25, 0.3) is 10.9 Å². The Morgan fingerprint density at radius 1 is 1.00 bits per heavy atom. The maximum Gasteiger partial charge on any atom is 0.416 e. The van der Waals surface area contributed by atoms with Crippen molar-refractivity contribution in [1.29, 1.82) is 0 Å². The van der Waals surface area contributed by atoms with Crippen LogP contribution in [0.1, 0.15) is 35.6 Å². The summed E-state index contributed by atoms with van der Waals surface area (Å²) in [5, 5.41) is 13.3. The van der Waals surface area contributed by atoms with Crippen molar-refractivity contribution in [3.8, 4) is 0 Å². The van der Waals surface area contributed by atoms with Gasteiger partial charge in [-0.2, -0.15) is 23.3 Å². The average molecular weight is 460 g/mol. The molecule has 2 aromatic heterocycles. The van der Waals surface area contributed by atoms with E-state index in [2.05, 4.69) is 30.8 Å². The number of anilines is 3. The third-order valence-corrected chi connectivity index (χ3v) is 5.34. The molecule has 2 aromatic carbocycles. The first-order valence-corrected chi connectivity index (χ1v) is 10.2. The van der Waals surface area contributed by atoms with Crippen molar-refractivity contribution in [3.05, 3.63) is 70.9 Å². The highest BCUT2D eigenvalue weighted by Gasteiger charge is 2.31. The number of aromatic nitrogens is 4. The molecule has 0 unspecified atom stereocenters. The van der Waals surface area contributed by atoms with Crippen LogP contribution in [0.3, 0.4) is 0 Å². The van der Waals surface area contributed by atoms with E-state index in [1.807, 2.05) is 6.07 Å². The van der Waals surface area contributed by atoms with E-state index in [-0.39, 0.29) is 29.4 Å². The summed E-state index contributed by atoms with van der Waals surface area (Å²) in [5.41, 5.74) is 0.314. The van der Waals surface area contributed by atoms with Gasteiger partial charge in [-0.15, -0.1) is 0 Å². The number of benzene rings is 2. The molecule has 1 saturated carbocycles. The molecule has 0 saturated heterocycles. The van der Waals surface area contributed by atoms with Crippen LogP contribution in [0, 0.1) is 11.6 Å². The fraction of sp³-hybridized carbons (Fsp3) is 0.227. The molecule has 4 aromatic rings. The number of halogens is 5. The van der Waals surface area contributed by atoms with Gasteiger partial charge in [0.1, 0.15) is 17.5 Å². The Kier molecular flexibility index (Phi) is 5.10. The van der Waals surface area contributed by atoms with Gasteiger partial charge in [-0.25, -0.2) is 13.8 Å². The molecule has 1 aliphatic carbocycles. The monoisotopic (exact) mass is 460 g/mol. The Bertz CT molecular complexity index is 1330. The van der Waals surface area contributed by atoms with Crippen LogP contribution < -0.4 is 10.6 Å². The number of nitrogens with one attached hydrogen (secondary N) is 3. The fourth-order valence-corrected chi connectivity index (χ4v) is 3.45. The molecule has 0 atom stereocenters. The van der Waals surface area contributed by atoms with Gasteiger partial charge in [0.05, 0.1) is 11.1 Å². The summed E-state index contributed by atoms with van der Waals surface area (Å²) in [6, 6.07) is 8.12. The highest BCUT2D eigenvalue weighted by Crippen LogP contribution is 2.40. The highest BCUT2D eigenvalue weighted by atomic mass is 19.4. The standard InChI is InChI=1S/C22H17F5N6/c23-14-5-3-12(16(24)8-14)10-28-21-29-18-7-13(22(25,26)27)4-6-15(18)20(31-21)30-19-9-17(32-33-19)11-1-2-11/h3-9,11H,1-2,10H2,(H3,28,29,30,31,32,33). The number of fused-ring (bicyclic) bond motifs is 1. The second-order valence-corrected chi connectivity index (χ2v) is 7.82. The van der Waals surface area contributed by atoms with Crippen molar-refractivity contribution in [2.75, 3.05) is 10.6 Å². The summed E-state index contributed by atoms with van der Waals surface area (Å²) < 4.78 is 66.8. The molecule has 6 nitrogen and oxygen atoms in total. The Hall–Kier alpha value is -3.76. The van der Waals surface area contributed by atoms with Gasteiger partial charge < -0.3 is 10.6 Å². The Balaban J connectivity index is 1.50. The van der Waals surface area contributed by atoms with Crippen LogP contribution in [0.4, 0.5) is 39.5 Å². The summed E-state index contributed by atoms with van der Waals surface area (Å²) in [6.07, 6.45) is -2.39. The molecule has 0 amide bonds. The van der Waals surface area contributed by atoms with Crippen molar-refractivity contribution >= 4 is 28.5 Å². The number of aromatic amines is 1. The summed E-state index contributed by atoms with van der Waals surface area (Å²) in [5.74, 6) is -0.352. The van der Waals surface area contributed by atoms with Crippen molar-refractivity contribution in [1.82, 2.24) is 20.2 Å². The molecule has 5 rings (SSSR count). The van der Waals surface area contributed by atoms with Gasteiger partial charge in [-0.1, -0.05) is 6.07 Å². The van der Waals surface area contributed by atoms with Crippen LogP contribution in [0.2, 0.25) is 0 Å². The van der Waals surface area contributed by atoms with E-state index in [9.17, 15) is 22.0 Å². The van der Waals surface area contributed by atoms with Gasteiger partial charge >= 0.3 is 6.18 Å². The van der Waals surface area contributed by atoms with Crippen LogP contribution >= 0.6 is 0 Å². The third-order valence-electron chi connectivity index (χ3n) is 5.34. The number of nitrogens with zero attached hydrogens (tertiary/aromatic N) is 3. The molecule has 33 heavy (non-hydrogen) atoms. The predicted octanol–water partition coefficient (Wildman–Crippen LogP) is 5.88. The van der Waals surface area contributed by atoms with Gasteiger partial charge in [-0.3, -0.25) is 5.10 Å². The number of rotatable bonds is 6. The van der Waals surface area contributed by atoms with Crippen molar-refractivity contribution in [2.24, 2.45) is 0 Å². The van der Waals surface area contributed by atoms with E-state index in [1.165, 1.54) is 12.1 Å². The minimum atomic E-state index is -4.54. The largest absolute Gasteiger partial charge is 0.416 e. The second-order valence-electron chi connectivity index (χ2n) is 7.82. The lowest BCUT2D eigenvalue weighted by molar-refractivity contribution is -0.137. The molecule has 170 valence electrons. The minimum Gasteiger partial charge on any atom is -0.350 e. The molecule has 1 aliphatic rings. The predicted molar refractivity (Wildman–Crippen MR) is 112 cm³/mol. The fourth-order valence-electron chi connectivity index (χ4n) is 3.45. The zero-order chi connectivity index (χ0) is 23.2. The smallest absolute Gasteiger partial charge is 0.350 e. The molecule has 1 fully saturated rings. The number of alkyl halides is 3. The zero-order valence-corrected chi connectivity index (χ0v) is 17.0. The molecule has 3 N–H and O–H groups in total. The summed E-state index contributed by atoms with van der Waals surface area (Å²) in [6.45, 7) is -0.0930. The summed E-state index contributed by atoms with van der Waals surface area (Å²) in [4.78, 5) is 8.53. The highest BCUT2D eigenvalue weighted by molar-refractivity contribution is 5.92. The van der Waals surface area contributed by atoms with Gasteiger partial charge in [0.15, 0.2) is 5.82 Å². The first kappa shape index (κ1) is 21.1. The van der Waals surface area contributed by atoms with Crippen molar-refractivity contribution in [2.45, 2.75) is 31.5 Å². The van der Waals surface area contributed by atoms with Gasteiger partial charge in [0.2, 0.25) is 5.95 Å². The zero-order valence-electron chi connectivity index (χ0n) is 17.0. The topological polar surface area (TPSA) is 78.5 Å². The molecule has 0 spiro atoms. The molecule has 0 aliphatic heterocycles. The van der Waals surface area contributed by atoms with Gasteiger partial charge in [0, 0.05) is 41.2 Å². The normalized spacial score (nSPS) is 14.0. The molecular weight excluding hydrogens is 443 g/mol. The van der Waals surface area contributed by atoms with Crippen LogP contribution in [-0.2, 0) is 12.7 Å². The van der Waals surface area contributed by atoms with Crippen molar-refractivity contribution in [3.63, 3.8) is 0 Å². The maximum atomic E-state index is 14.0. The van der Waals surface area contributed by atoms with E-state index >= 15 is 0 Å². The molecule has 0 radical (unpaired) electrons. The lowest BCUT2D eigenvalue weighted by Gasteiger charge is -2.13. The quantitative estimate of drug-likeness (QED) is 0.313. The Morgan fingerprint density at radius 3 is 2.55 bits per heavy atom. The Morgan fingerprint density at radius 2 is 1.82 bits per heavy atom. The third kappa shape index (κ3) is 4.57. The lowest BCUT2D eigenvalue weighted by atomic mass is 10.1. The minimum absolute atomic E-state index is 0.0222. The first-order chi connectivity index (χ1) is 15.8. The van der Waals surface area contributed by atoms with E-state index in [4.69, 9.17) is 0 Å². The molecule has 11 heteroatoms.